The van der Waals surface area contributed by atoms with Crippen molar-refractivity contribution in [2.75, 3.05) is 13.6 Å². The summed E-state index contributed by atoms with van der Waals surface area (Å²) in [5, 5.41) is 1.35. The van der Waals surface area contributed by atoms with Crippen molar-refractivity contribution in [1.29, 1.82) is 0 Å². The van der Waals surface area contributed by atoms with Crippen molar-refractivity contribution in [3.8, 4) is 0 Å². The van der Waals surface area contributed by atoms with Crippen LogP contribution in [0.3, 0.4) is 0 Å². The summed E-state index contributed by atoms with van der Waals surface area (Å²) in [6, 6.07) is 5.98. The molecule has 0 saturated heterocycles. The van der Waals surface area contributed by atoms with E-state index in [1.54, 1.807) is 0 Å². The lowest BCUT2D eigenvalue weighted by Crippen LogP contribution is -2.35. The van der Waals surface area contributed by atoms with Crippen molar-refractivity contribution in [2.45, 2.75) is 25.9 Å². The van der Waals surface area contributed by atoms with Gasteiger partial charge < -0.3 is 5.73 Å². The highest BCUT2D eigenvalue weighted by Crippen LogP contribution is 2.33. The Balaban J connectivity index is 3.13. The van der Waals surface area contributed by atoms with Crippen molar-refractivity contribution >= 4 is 23.2 Å². The number of likely N-dealkylation sites (N-methyl/N-ethyl adjacent to an activating group) is 1. The maximum Gasteiger partial charge on any atom is 0.0499 e. The molecule has 16 heavy (non-hydrogen) atoms. The molecule has 0 saturated carbocycles. The fourth-order valence-corrected chi connectivity index (χ4v) is 2.33. The molecule has 0 spiro atoms. The Hall–Kier alpha value is -0.280. The third-order valence-electron chi connectivity index (χ3n) is 2.86. The zero-order chi connectivity index (χ0) is 12.3. The molecule has 0 aliphatic rings. The average Bonchev–Trinajstić information content (AvgIpc) is 2.22. The molecule has 2 N–H and O–H groups in total. The van der Waals surface area contributed by atoms with Crippen LogP contribution in [0.25, 0.3) is 0 Å². The molecule has 0 heterocycles. The summed E-state index contributed by atoms with van der Waals surface area (Å²) in [4.78, 5) is 2.17. The van der Waals surface area contributed by atoms with Crippen LogP contribution < -0.4 is 5.73 Å². The van der Waals surface area contributed by atoms with Crippen LogP contribution in [0.1, 0.15) is 25.5 Å². The summed E-state index contributed by atoms with van der Waals surface area (Å²) < 4.78 is 0. The van der Waals surface area contributed by atoms with E-state index in [1.165, 1.54) is 0 Å². The van der Waals surface area contributed by atoms with Crippen LogP contribution in [-0.2, 0) is 0 Å². The van der Waals surface area contributed by atoms with Gasteiger partial charge in [-0.1, -0.05) is 29.3 Å². The van der Waals surface area contributed by atoms with Gasteiger partial charge in [-0.05, 0) is 33.0 Å². The largest absolute Gasteiger partial charge is 0.329 e. The Morgan fingerprint density at radius 1 is 1.25 bits per heavy atom. The summed E-state index contributed by atoms with van der Waals surface area (Å²) in [7, 11) is 2.03. The third kappa shape index (κ3) is 2.89. The third-order valence-corrected chi connectivity index (χ3v) is 3.52. The molecule has 4 heteroatoms. The zero-order valence-corrected chi connectivity index (χ0v) is 11.4. The van der Waals surface area contributed by atoms with Gasteiger partial charge in [-0.15, -0.1) is 0 Å². The average molecular weight is 261 g/mol. The van der Waals surface area contributed by atoms with Crippen LogP contribution in [0.15, 0.2) is 18.2 Å². The molecule has 1 aromatic rings. The first-order valence-electron chi connectivity index (χ1n) is 5.35. The molecule has 1 atom stereocenters. The fourth-order valence-electron chi connectivity index (χ4n) is 1.68. The van der Waals surface area contributed by atoms with Gasteiger partial charge in [-0.3, -0.25) is 4.90 Å². The van der Waals surface area contributed by atoms with E-state index in [4.69, 9.17) is 28.9 Å². The van der Waals surface area contributed by atoms with Crippen LogP contribution in [0.5, 0.6) is 0 Å². The Morgan fingerprint density at radius 3 is 2.12 bits per heavy atom. The van der Waals surface area contributed by atoms with Gasteiger partial charge in [0.2, 0.25) is 0 Å². The molecule has 0 radical (unpaired) electrons. The van der Waals surface area contributed by atoms with Crippen molar-refractivity contribution in [3.63, 3.8) is 0 Å². The monoisotopic (exact) mass is 260 g/mol. The summed E-state index contributed by atoms with van der Waals surface area (Å²) in [5.74, 6) is 0. The van der Waals surface area contributed by atoms with E-state index in [2.05, 4.69) is 18.7 Å². The normalized spacial score (nSPS) is 13.5. The number of halogens is 2. The topological polar surface area (TPSA) is 29.3 Å². The summed E-state index contributed by atoms with van der Waals surface area (Å²) in [5.41, 5.74) is 6.74. The van der Waals surface area contributed by atoms with Gasteiger partial charge in [-0.25, -0.2) is 0 Å². The lowest BCUT2D eigenvalue weighted by Gasteiger charge is -2.31. The molecule has 0 aromatic heterocycles. The van der Waals surface area contributed by atoms with Crippen LogP contribution in [-0.4, -0.2) is 24.5 Å². The first-order valence-corrected chi connectivity index (χ1v) is 6.10. The standard InChI is InChI=1S/C12H18Cl2N2/c1-8(2)16(3)11(7-15)12-9(13)5-4-6-10(12)14/h4-6,8,11H,7,15H2,1-3H3. The number of hydrogen-bond donors (Lipinski definition) is 1. The molecule has 1 aromatic carbocycles. The minimum Gasteiger partial charge on any atom is -0.329 e. The minimum absolute atomic E-state index is 0.0567. The van der Waals surface area contributed by atoms with E-state index >= 15 is 0 Å². The highest BCUT2D eigenvalue weighted by atomic mass is 35.5. The predicted octanol–water partition coefficient (Wildman–Crippen LogP) is 3.33. The van der Waals surface area contributed by atoms with E-state index in [0.717, 1.165) is 5.56 Å². The summed E-state index contributed by atoms with van der Waals surface area (Å²) >= 11 is 12.4. The molecular weight excluding hydrogens is 243 g/mol. The molecule has 90 valence electrons. The number of rotatable bonds is 4. The van der Waals surface area contributed by atoms with Gasteiger partial charge in [0.15, 0.2) is 0 Å². The lowest BCUT2D eigenvalue weighted by atomic mass is 10.0. The minimum atomic E-state index is 0.0567. The Labute approximate surface area is 107 Å². The van der Waals surface area contributed by atoms with Crippen molar-refractivity contribution in [1.82, 2.24) is 4.90 Å². The van der Waals surface area contributed by atoms with Gasteiger partial charge in [0.25, 0.3) is 0 Å². The second-order valence-corrected chi connectivity index (χ2v) is 4.96. The van der Waals surface area contributed by atoms with Gasteiger partial charge in [0, 0.05) is 34.2 Å². The maximum absolute atomic E-state index is 6.19. The fraction of sp³-hybridized carbons (Fsp3) is 0.500. The summed E-state index contributed by atoms with van der Waals surface area (Å²) in [6.45, 7) is 4.74. The van der Waals surface area contributed by atoms with Crippen molar-refractivity contribution < 1.29 is 0 Å². The second kappa shape index (κ2) is 5.87. The van der Waals surface area contributed by atoms with Gasteiger partial charge in [-0.2, -0.15) is 0 Å². The molecule has 1 unspecified atom stereocenters. The first kappa shape index (κ1) is 13.8. The molecule has 0 aliphatic carbocycles. The Bertz CT molecular complexity index is 333. The van der Waals surface area contributed by atoms with Crippen LogP contribution >= 0.6 is 23.2 Å². The number of nitrogens with zero attached hydrogens (tertiary/aromatic N) is 1. The number of hydrogen-bond acceptors (Lipinski definition) is 2. The van der Waals surface area contributed by atoms with Gasteiger partial charge in [0.1, 0.15) is 0 Å². The Kier molecular flexibility index (Phi) is 5.06. The lowest BCUT2D eigenvalue weighted by molar-refractivity contribution is 0.201. The van der Waals surface area contributed by atoms with E-state index in [-0.39, 0.29) is 6.04 Å². The molecule has 0 bridgehead atoms. The second-order valence-electron chi connectivity index (χ2n) is 4.15. The zero-order valence-electron chi connectivity index (χ0n) is 9.87. The Morgan fingerprint density at radius 2 is 1.75 bits per heavy atom. The quantitative estimate of drug-likeness (QED) is 0.900. The molecule has 2 nitrogen and oxygen atoms in total. The van der Waals surface area contributed by atoms with Crippen LogP contribution in [0.4, 0.5) is 0 Å². The van der Waals surface area contributed by atoms with Gasteiger partial charge in [0.05, 0.1) is 0 Å². The smallest absolute Gasteiger partial charge is 0.0499 e. The predicted molar refractivity (Wildman–Crippen MR) is 71.2 cm³/mol. The highest BCUT2D eigenvalue weighted by molar-refractivity contribution is 6.36. The summed E-state index contributed by atoms with van der Waals surface area (Å²) in [6.07, 6.45) is 0. The molecule has 0 amide bonds. The number of nitrogens with two attached hydrogens (primary N) is 1. The van der Waals surface area contributed by atoms with Crippen LogP contribution in [0, 0.1) is 0 Å². The van der Waals surface area contributed by atoms with E-state index < -0.39 is 0 Å². The molecule has 1 rings (SSSR count). The SMILES string of the molecule is CC(C)N(C)C(CN)c1c(Cl)cccc1Cl. The molecule has 0 aliphatic heterocycles. The van der Waals surface area contributed by atoms with E-state index in [9.17, 15) is 0 Å². The van der Waals surface area contributed by atoms with Crippen LogP contribution in [0.2, 0.25) is 10.0 Å². The first-order chi connectivity index (χ1) is 7.49. The van der Waals surface area contributed by atoms with Crippen molar-refractivity contribution in [3.05, 3.63) is 33.8 Å². The van der Waals surface area contributed by atoms with E-state index in [1.807, 2.05) is 25.2 Å². The maximum atomic E-state index is 6.19. The highest BCUT2D eigenvalue weighted by Gasteiger charge is 2.22. The number of benzene rings is 1. The molecule has 0 fully saturated rings. The van der Waals surface area contributed by atoms with Crippen molar-refractivity contribution in [2.24, 2.45) is 5.73 Å². The van der Waals surface area contributed by atoms with E-state index in [0.29, 0.717) is 22.6 Å². The molecular formula is C12H18Cl2N2. The van der Waals surface area contributed by atoms with Gasteiger partial charge >= 0.3 is 0 Å².